The summed E-state index contributed by atoms with van der Waals surface area (Å²) in [4.78, 5) is 0. The van der Waals surface area contributed by atoms with Crippen molar-refractivity contribution in [1.82, 2.24) is 0 Å². The molecular weight excluding hydrogens is 1080 g/mol. The van der Waals surface area contributed by atoms with Crippen LogP contribution < -0.4 is 0 Å². The van der Waals surface area contributed by atoms with E-state index < -0.39 is 174 Å². The fourth-order valence-corrected chi connectivity index (χ4v) is 17.2. The third kappa shape index (κ3) is 10.9. The van der Waals surface area contributed by atoms with E-state index in [0.29, 0.717) is 31.3 Å². The molecule has 4 unspecified atom stereocenters. The Kier molecular flexibility index (Phi) is 18.6. The summed E-state index contributed by atoms with van der Waals surface area (Å²) in [5, 5.41) is 154. The molecule has 466 valence electrons. The Morgan fingerprint density at radius 3 is 1.84 bits per heavy atom. The molecule has 7 aliphatic heterocycles. The quantitative estimate of drug-likeness (QED) is 0.0746. The molecule has 0 bridgehead atoms. The van der Waals surface area contributed by atoms with Gasteiger partial charge in [-0.15, -0.1) is 0 Å². The van der Waals surface area contributed by atoms with Crippen molar-refractivity contribution in [2.45, 2.75) is 257 Å². The van der Waals surface area contributed by atoms with Crippen LogP contribution in [0.1, 0.15) is 97.8 Å². The van der Waals surface area contributed by atoms with Crippen LogP contribution in [-0.4, -0.2) is 270 Å². The van der Waals surface area contributed by atoms with Crippen LogP contribution in [0.5, 0.6) is 0 Å². The van der Waals surface area contributed by atoms with Gasteiger partial charge in [0.05, 0.1) is 76.3 Å². The molecule has 0 aromatic rings. The topological polar surface area (TPSA) is 394 Å². The second-order valence-corrected chi connectivity index (χ2v) is 25.9. The predicted octanol–water partition coefficient (Wildman–Crippen LogP) is -3.66. The fourth-order valence-electron chi connectivity index (χ4n) is 17.2. The first-order valence-electron chi connectivity index (χ1n) is 29.8. The summed E-state index contributed by atoms with van der Waals surface area (Å²) in [6, 6.07) is 0. The van der Waals surface area contributed by atoms with Crippen molar-refractivity contribution in [1.29, 1.82) is 0 Å². The molecule has 4 aliphatic carbocycles. The molecule has 14 N–H and O–H groups in total. The van der Waals surface area contributed by atoms with E-state index in [4.69, 9.17) is 56.8 Å². The minimum Gasteiger partial charge on any atom is -0.394 e. The van der Waals surface area contributed by atoms with Gasteiger partial charge in [0, 0.05) is 24.7 Å². The zero-order valence-electron chi connectivity index (χ0n) is 46.3. The molecule has 7 heterocycles. The number of aliphatic hydroxyl groups excluding tert-OH is 14. The number of fused-ring (bicyclic) bond motifs is 7. The van der Waals surface area contributed by atoms with Crippen LogP contribution in [0.15, 0.2) is 0 Å². The van der Waals surface area contributed by atoms with Gasteiger partial charge in [0.15, 0.2) is 37.2 Å². The van der Waals surface area contributed by atoms with E-state index in [2.05, 4.69) is 20.8 Å². The number of hydrogen-bond donors (Lipinski definition) is 14. The van der Waals surface area contributed by atoms with Crippen molar-refractivity contribution in [3.8, 4) is 0 Å². The second kappa shape index (κ2) is 24.5. The third-order valence-electron chi connectivity index (χ3n) is 21.6. The van der Waals surface area contributed by atoms with Crippen LogP contribution in [0.3, 0.4) is 0 Å². The van der Waals surface area contributed by atoms with Gasteiger partial charge in [-0.25, -0.2) is 0 Å². The zero-order chi connectivity index (χ0) is 57.6. The van der Waals surface area contributed by atoms with E-state index in [-0.39, 0.29) is 66.2 Å². The van der Waals surface area contributed by atoms with Gasteiger partial charge in [0.1, 0.15) is 85.5 Å². The molecule has 0 aromatic heterocycles. The SMILES string of the molecule is C[C@H]1C2[C@@H](O[C@]13CCCCO3)[C@@H](O)[C@H]1[C@@H]3CC[C@H]4C[C@@H](OC5O[C@H](CO)[C@H](OC6O[C@H](CO)C[C@H](O[C@@H]7OCC[C@H](O)[C@H]7O)[C@H]6O[C@@H]6O[C@H](CO)[C@H](O)[C@H](O[C@@H]7O[C@H](CO)[C@@H](O)[C@H](O)[C@H]7O)[C@H]6O)[C@H](O)[C@H]5O)CC[C@]4(C)C3CC[C@]21C. The molecule has 0 amide bonds. The minimum atomic E-state index is -2.06. The lowest BCUT2D eigenvalue weighted by Crippen LogP contribution is -2.67. The van der Waals surface area contributed by atoms with Gasteiger partial charge in [-0.2, -0.15) is 0 Å². The summed E-state index contributed by atoms with van der Waals surface area (Å²) in [6.07, 6.45) is -29.0. The molecule has 11 fully saturated rings. The smallest absolute Gasteiger partial charge is 0.187 e. The van der Waals surface area contributed by atoms with Crippen LogP contribution >= 0.6 is 0 Å². The van der Waals surface area contributed by atoms with E-state index in [9.17, 15) is 71.5 Å². The first-order chi connectivity index (χ1) is 38.7. The Balaban J connectivity index is 0.777. The molecule has 26 nitrogen and oxygen atoms in total. The Labute approximate surface area is 470 Å². The van der Waals surface area contributed by atoms with Crippen LogP contribution in [0.2, 0.25) is 0 Å². The molecule has 34 atom stereocenters. The van der Waals surface area contributed by atoms with Crippen molar-refractivity contribution in [2.24, 2.45) is 46.3 Å². The van der Waals surface area contributed by atoms with Gasteiger partial charge in [-0.3, -0.25) is 0 Å². The number of ether oxygens (including phenoxy) is 12. The Bertz CT molecular complexity index is 2070. The van der Waals surface area contributed by atoms with Gasteiger partial charge >= 0.3 is 0 Å². The third-order valence-corrected chi connectivity index (χ3v) is 21.6. The first kappa shape index (κ1) is 61.6. The molecule has 4 saturated carbocycles. The molecule has 11 aliphatic rings. The average molecular weight is 1170 g/mol. The van der Waals surface area contributed by atoms with Crippen LogP contribution in [0.25, 0.3) is 0 Å². The van der Waals surface area contributed by atoms with Crippen LogP contribution in [0.4, 0.5) is 0 Å². The van der Waals surface area contributed by atoms with E-state index in [0.717, 1.165) is 51.4 Å². The van der Waals surface area contributed by atoms with Crippen molar-refractivity contribution >= 4 is 0 Å². The molecule has 26 heteroatoms. The van der Waals surface area contributed by atoms with E-state index in [1.807, 2.05) is 0 Å². The maximum atomic E-state index is 12.3. The summed E-state index contributed by atoms with van der Waals surface area (Å²) >= 11 is 0. The lowest BCUT2D eigenvalue weighted by Gasteiger charge is -2.61. The van der Waals surface area contributed by atoms with E-state index >= 15 is 0 Å². The highest BCUT2D eigenvalue weighted by Crippen LogP contribution is 2.71. The van der Waals surface area contributed by atoms with Crippen molar-refractivity contribution in [2.75, 3.05) is 39.6 Å². The maximum Gasteiger partial charge on any atom is 0.187 e. The number of hydrogen-bond acceptors (Lipinski definition) is 26. The molecule has 0 radical (unpaired) electrons. The molecule has 11 rings (SSSR count). The Morgan fingerprint density at radius 2 is 1.14 bits per heavy atom. The number of aliphatic hydroxyl groups is 14. The van der Waals surface area contributed by atoms with Gasteiger partial charge in [-0.1, -0.05) is 20.8 Å². The summed E-state index contributed by atoms with van der Waals surface area (Å²) in [5.41, 5.74) is -0.116. The number of rotatable bonds is 14. The van der Waals surface area contributed by atoms with Crippen LogP contribution in [-0.2, 0) is 56.8 Å². The highest BCUT2D eigenvalue weighted by molar-refractivity contribution is 5.18. The highest BCUT2D eigenvalue weighted by atomic mass is 16.8. The van der Waals surface area contributed by atoms with Crippen molar-refractivity contribution in [3.05, 3.63) is 0 Å². The van der Waals surface area contributed by atoms with Crippen LogP contribution in [0, 0.1) is 46.3 Å². The predicted molar refractivity (Wildman–Crippen MR) is 269 cm³/mol. The second-order valence-electron chi connectivity index (χ2n) is 25.9. The molecule has 81 heavy (non-hydrogen) atoms. The van der Waals surface area contributed by atoms with E-state index in [1.165, 1.54) is 0 Å². The summed E-state index contributed by atoms with van der Waals surface area (Å²) in [6.45, 7) is 4.55. The van der Waals surface area contributed by atoms with Gasteiger partial charge < -0.3 is 128 Å². The molecule has 1 spiro atoms. The summed E-state index contributed by atoms with van der Waals surface area (Å²) < 4.78 is 73.9. The Hall–Kier alpha value is -1.04. The zero-order valence-corrected chi connectivity index (χ0v) is 46.3. The first-order valence-corrected chi connectivity index (χ1v) is 29.8. The summed E-state index contributed by atoms with van der Waals surface area (Å²) in [5.74, 6) is 0.869. The minimum absolute atomic E-state index is 0.0380. The average Bonchev–Trinajstić information content (AvgIpc) is 4.05. The van der Waals surface area contributed by atoms with Gasteiger partial charge in [0.25, 0.3) is 0 Å². The standard InChI is InChI=1S/C55H90O26/c1-22-33-46(81-55(22)11-4-5-14-71-55)38(64)34-26-7-6-23-16-24(8-12-53(23,2)27(26)9-13-54(33,34)3)72-49-42(68)40(66)44(32(21-59)77-49)78-52-45(29(17-25(18-56)73-52)74-48-35(61)28(60)10-15-70-48)79-51-43(69)47(37(63)31(20-58)76-51)80-50-41(67)39(65)36(62)30(19-57)75-50/h22-52,56-69H,4-21H2,1-3H3/t22-,23-,24-,25-,26+,27?,28-,29-,30+,31+,32+,33?,34+,35+,36+,37-,38-,39-,40+,41+,42+,43+,44-,45+,46+,47-,48-,49?,50-,51-,52?,53-,54+,55+/m0/s1. The summed E-state index contributed by atoms with van der Waals surface area (Å²) in [7, 11) is 0. The maximum absolute atomic E-state index is 12.3. The highest BCUT2D eigenvalue weighted by Gasteiger charge is 2.72. The lowest BCUT2D eigenvalue weighted by molar-refractivity contribution is -0.399. The van der Waals surface area contributed by atoms with E-state index in [1.54, 1.807) is 0 Å². The Morgan fingerprint density at radius 1 is 0.481 bits per heavy atom. The van der Waals surface area contributed by atoms with Crippen molar-refractivity contribution < 1.29 is 128 Å². The molecular formula is C55H90O26. The largest absolute Gasteiger partial charge is 0.394 e. The van der Waals surface area contributed by atoms with Gasteiger partial charge in [-0.05, 0) is 98.7 Å². The van der Waals surface area contributed by atoms with Crippen molar-refractivity contribution in [3.63, 3.8) is 0 Å². The fraction of sp³-hybridized carbons (Fsp3) is 1.00. The van der Waals surface area contributed by atoms with Gasteiger partial charge in [0.2, 0.25) is 0 Å². The molecule has 0 aromatic carbocycles. The lowest BCUT2D eigenvalue weighted by atomic mass is 9.44. The molecule has 7 saturated heterocycles. The normalized spacial score (nSPS) is 56.6. The monoisotopic (exact) mass is 1170 g/mol.